The summed E-state index contributed by atoms with van der Waals surface area (Å²) >= 11 is 0. The Hall–Kier alpha value is -1.78. The Balaban J connectivity index is 2.30. The van der Waals surface area contributed by atoms with Crippen molar-refractivity contribution in [1.29, 1.82) is 0 Å². The number of hydrogen-bond donors (Lipinski definition) is 2. The molecule has 0 amide bonds. The highest BCUT2D eigenvalue weighted by atomic mass is 16.6. The van der Waals surface area contributed by atoms with Gasteiger partial charge in [0, 0.05) is 12.6 Å². The van der Waals surface area contributed by atoms with Crippen molar-refractivity contribution in [3.63, 3.8) is 0 Å². The van der Waals surface area contributed by atoms with Crippen LogP contribution in [0.25, 0.3) is 0 Å². The van der Waals surface area contributed by atoms with Gasteiger partial charge in [-0.2, -0.15) is 0 Å². The second-order valence-corrected chi connectivity index (χ2v) is 6.91. The molecule has 0 aliphatic heterocycles. The number of nitro benzene ring substituents is 1. The van der Waals surface area contributed by atoms with Crippen LogP contribution in [0.15, 0.2) is 18.2 Å². The molecule has 0 unspecified atom stereocenters. The molecule has 1 aromatic carbocycles. The molecular weight excluding hydrogens is 266 g/mol. The molecule has 2 N–H and O–H groups in total. The van der Waals surface area contributed by atoms with Gasteiger partial charge in [-0.05, 0) is 29.4 Å². The molecule has 1 fully saturated rings. The van der Waals surface area contributed by atoms with Crippen LogP contribution in [0.5, 0.6) is 0 Å². The van der Waals surface area contributed by atoms with Crippen molar-refractivity contribution in [3.8, 4) is 0 Å². The predicted molar refractivity (Wildman–Crippen MR) is 86.8 cm³/mol. The first-order chi connectivity index (χ1) is 9.73. The standard InChI is InChI=1S/C16H25N3O2/c1-6-10-17-11-8-7-9-12(13(11)19(20)21)18-14-15(2,3)16(14,4)5/h7-9,14,17-18H,6,10H2,1-5H3. The fourth-order valence-corrected chi connectivity index (χ4v) is 2.97. The van der Waals surface area contributed by atoms with Crippen molar-refractivity contribution in [2.45, 2.75) is 47.1 Å². The third kappa shape index (κ3) is 2.57. The largest absolute Gasteiger partial charge is 0.379 e. The van der Waals surface area contributed by atoms with E-state index in [4.69, 9.17) is 0 Å². The molecule has 21 heavy (non-hydrogen) atoms. The second-order valence-electron chi connectivity index (χ2n) is 6.91. The average Bonchev–Trinajstić information content (AvgIpc) is 2.78. The number of benzene rings is 1. The maximum Gasteiger partial charge on any atom is 0.315 e. The van der Waals surface area contributed by atoms with Crippen LogP contribution < -0.4 is 10.6 Å². The first-order valence-electron chi connectivity index (χ1n) is 7.51. The Morgan fingerprint density at radius 2 is 1.76 bits per heavy atom. The van der Waals surface area contributed by atoms with E-state index in [0.717, 1.165) is 13.0 Å². The summed E-state index contributed by atoms with van der Waals surface area (Å²) < 4.78 is 0. The third-order valence-electron chi connectivity index (χ3n) is 5.10. The molecule has 2 rings (SSSR count). The zero-order valence-electron chi connectivity index (χ0n) is 13.5. The number of nitrogens with zero attached hydrogens (tertiary/aromatic N) is 1. The van der Waals surface area contributed by atoms with E-state index < -0.39 is 0 Å². The van der Waals surface area contributed by atoms with E-state index in [9.17, 15) is 10.1 Å². The summed E-state index contributed by atoms with van der Waals surface area (Å²) in [6, 6.07) is 5.66. The Kier molecular flexibility index (Phi) is 3.87. The number of hydrogen-bond acceptors (Lipinski definition) is 4. The normalized spacial score (nSPS) is 19.1. The second kappa shape index (κ2) is 5.20. The summed E-state index contributed by atoms with van der Waals surface area (Å²) in [6.45, 7) is 11.5. The van der Waals surface area contributed by atoms with Crippen LogP contribution in [0, 0.1) is 20.9 Å². The third-order valence-corrected chi connectivity index (χ3v) is 5.10. The van der Waals surface area contributed by atoms with Crippen molar-refractivity contribution in [1.82, 2.24) is 0 Å². The van der Waals surface area contributed by atoms with Crippen LogP contribution in [-0.2, 0) is 0 Å². The van der Waals surface area contributed by atoms with Crippen molar-refractivity contribution in [2.75, 3.05) is 17.2 Å². The number of rotatable bonds is 6. The maximum atomic E-state index is 11.5. The van der Waals surface area contributed by atoms with Crippen LogP contribution in [-0.4, -0.2) is 17.5 Å². The van der Waals surface area contributed by atoms with Gasteiger partial charge in [0.25, 0.3) is 0 Å². The lowest BCUT2D eigenvalue weighted by Crippen LogP contribution is -2.13. The van der Waals surface area contributed by atoms with Gasteiger partial charge in [-0.3, -0.25) is 10.1 Å². The van der Waals surface area contributed by atoms with E-state index in [1.54, 1.807) is 12.1 Å². The highest BCUT2D eigenvalue weighted by molar-refractivity contribution is 5.77. The highest BCUT2D eigenvalue weighted by Crippen LogP contribution is 2.64. The number of nitrogens with one attached hydrogen (secondary N) is 2. The van der Waals surface area contributed by atoms with Crippen LogP contribution in [0.2, 0.25) is 0 Å². The Morgan fingerprint density at radius 3 is 2.24 bits per heavy atom. The molecule has 0 atom stereocenters. The molecule has 5 heteroatoms. The fraction of sp³-hybridized carbons (Fsp3) is 0.625. The van der Waals surface area contributed by atoms with E-state index in [2.05, 4.69) is 38.3 Å². The van der Waals surface area contributed by atoms with Gasteiger partial charge in [0.1, 0.15) is 11.4 Å². The predicted octanol–water partition coefficient (Wildman–Crippen LogP) is 4.26. The summed E-state index contributed by atoms with van der Waals surface area (Å²) in [4.78, 5) is 11.2. The summed E-state index contributed by atoms with van der Waals surface area (Å²) in [7, 11) is 0. The fourth-order valence-electron chi connectivity index (χ4n) is 2.97. The molecule has 1 aliphatic carbocycles. The van der Waals surface area contributed by atoms with E-state index in [0.29, 0.717) is 11.4 Å². The molecule has 1 aliphatic rings. The van der Waals surface area contributed by atoms with Gasteiger partial charge >= 0.3 is 5.69 Å². The zero-order chi connectivity index (χ0) is 15.8. The first-order valence-corrected chi connectivity index (χ1v) is 7.51. The van der Waals surface area contributed by atoms with Crippen LogP contribution >= 0.6 is 0 Å². The topological polar surface area (TPSA) is 67.2 Å². The van der Waals surface area contributed by atoms with E-state index >= 15 is 0 Å². The lowest BCUT2D eigenvalue weighted by atomic mass is 10.0. The lowest BCUT2D eigenvalue weighted by molar-refractivity contribution is -0.383. The molecule has 0 heterocycles. The SMILES string of the molecule is CCCNc1cccc(NC2C(C)(C)C2(C)C)c1[N+](=O)[O-]. The quantitative estimate of drug-likeness (QED) is 0.607. The Bertz CT molecular complexity index is 538. The van der Waals surface area contributed by atoms with Crippen LogP contribution in [0.1, 0.15) is 41.0 Å². The molecular formula is C16H25N3O2. The summed E-state index contributed by atoms with van der Waals surface area (Å²) in [5.41, 5.74) is 1.60. The van der Waals surface area contributed by atoms with Gasteiger partial charge in [0.15, 0.2) is 0 Å². The smallest absolute Gasteiger partial charge is 0.315 e. The molecule has 1 saturated carbocycles. The Morgan fingerprint density at radius 1 is 1.19 bits per heavy atom. The lowest BCUT2D eigenvalue weighted by Gasteiger charge is -2.12. The summed E-state index contributed by atoms with van der Waals surface area (Å²) in [6.07, 6.45) is 0.928. The van der Waals surface area contributed by atoms with Crippen molar-refractivity contribution < 1.29 is 4.92 Å². The average molecular weight is 291 g/mol. The van der Waals surface area contributed by atoms with Gasteiger partial charge in [-0.15, -0.1) is 0 Å². The molecule has 116 valence electrons. The number of para-hydroxylation sites is 1. The monoisotopic (exact) mass is 291 g/mol. The number of anilines is 2. The number of nitro groups is 1. The molecule has 0 saturated heterocycles. The van der Waals surface area contributed by atoms with Crippen LogP contribution in [0.4, 0.5) is 17.1 Å². The van der Waals surface area contributed by atoms with Crippen LogP contribution in [0.3, 0.4) is 0 Å². The van der Waals surface area contributed by atoms with Gasteiger partial charge in [-0.25, -0.2) is 0 Å². The Labute approximate surface area is 126 Å². The summed E-state index contributed by atoms with van der Waals surface area (Å²) in [5.74, 6) is 0. The maximum absolute atomic E-state index is 11.5. The summed E-state index contributed by atoms with van der Waals surface area (Å²) in [5, 5.41) is 18.0. The van der Waals surface area contributed by atoms with Crippen molar-refractivity contribution in [3.05, 3.63) is 28.3 Å². The van der Waals surface area contributed by atoms with Gasteiger partial charge in [-0.1, -0.05) is 40.7 Å². The molecule has 0 bridgehead atoms. The molecule has 1 aromatic rings. The molecule has 0 spiro atoms. The van der Waals surface area contributed by atoms with E-state index in [1.807, 2.05) is 13.0 Å². The van der Waals surface area contributed by atoms with E-state index in [1.165, 1.54) is 0 Å². The van der Waals surface area contributed by atoms with Crippen molar-refractivity contribution >= 4 is 17.1 Å². The molecule has 0 radical (unpaired) electrons. The zero-order valence-corrected chi connectivity index (χ0v) is 13.5. The molecule has 0 aromatic heterocycles. The first kappa shape index (κ1) is 15.6. The minimum absolute atomic E-state index is 0.133. The van der Waals surface area contributed by atoms with Gasteiger partial charge in [0.2, 0.25) is 0 Å². The minimum atomic E-state index is -0.303. The van der Waals surface area contributed by atoms with Gasteiger partial charge < -0.3 is 10.6 Å². The van der Waals surface area contributed by atoms with E-state index in [-0.39, 0.29) is 27.5 Å². The molecule has 5 nitrogen and oxygen atoms in total. The highest BCUT2D eigenvalue weighted by Gasteiger charge is 2.65. The van der Waals surface area contributed by atoms with Gasteiger partial charge in [0.05, 0.1) is 4.92 Å². The minimum Gasteiger partial charge on any atom is -0.379 e. The van der Waals surface area contributed by atoms with Crippen molar-refractivity contribution in [2.24, 2.45) is 10.8 Å².